The predicted molar refractivity (Wildman–Crippen MR) is 86.9 cm³/mol. The van der Waals surface area contributed by atoms with Crippen molar-refractivity contribution in [1.82, 2.24) is 9.80 Å². The highest BCUT2D eigenvalue weighted by Gasteiger charge is 2.42. The van der Waals surface area contributed by atoms with Crippen LogP contribution in [-0.2, 0) is 0 Å². The number of hydrogen-bond donors (Lipinski definition) is 1. The maximum absolute atomic E-state index is 6.29. The summed E-state index contributed by atoms with van der Waals surface area (Å²) in [6.07, 6.45) is 8.11. The molecule has 1 heterocycles. The molecule has 0 aromatic carbocycles. The van der Waals surface area contributed by atoms with Crippen molar-refractivity contribution in [3.8, 4) is 0 Å². The van der Waals surface area contributed by atoms with Crippen molar-refractivity contribution in [2.45, 2.75) is 70.4 Å². The highest BCUT2D eigenvalue weighted by atomic mass is 15.3. The van der Waals surface area contributed by atoms with E-state index >= 15 is 0 Å². The Bertz CT molecular complexity index is 315. The number of nitrogens with zero attached hydrogens (tertiary/aromatic N) is 2. The van der Waals surface area contributed by atoms with E-state index in [1.165, 1.54) is 51.6 Å². The smallest absolute Gasteiger partial charge is 0.0333 e. The lowest BCUT2D eigenvalue weighted by Gasteiger charge is -2.53. The Labute approximate surface area is 125 Å². The summed E-state index contributed by atoms with van der Waals surface area (Å²) in [4.78, 5) is 5.24. The minimum Gasteiger partial charge on any atom is -0.329 e. The van der Waals surface area contributed by atoms with Gasteiger partial charge in [0.15, 0.2) is 0 Å². The molecule has 2 rings (SSSR count). The van der Waals surface area contributed by atoms with Crippen LogP contribution in [0.5, 0.6) is 0 Å². The van der Waals surface area contributed by atoms with E-state index in [1.54, 1.807) is 0 Å². The van der Waals surface area contributed by atoms with Gasteiger partial charge in [-0.15, -0.1) is 0 Å². The van der Waals surface area contributed by atoms with E-state index in [9.17, 15) is 0 Å². The Kier molecular flexibility index (Phi) is 5.14. The maximum atomic E-state index is 6.29. The van der Waals surface area contributed by atoms with Gasteiger partial charge in [0.2, 0.25) is 0 Å². The van der Waals surface area contributed by atoms with Gasteiger partial charge in [-0.1, -0.05) is 26.2 Å². The van der Waals surface area contributed by atoms with Crippen LogP contribution in [0.2, 0.25) is 0 Å². The molecule has 1 aliphatic heterocycles. The van der Waals surface area contributed by atoms with Crippen molar-refractivity contribution in [1.29, 1.82) is 0 Å². The molecule has 0 amide bonds. The molecule has 0 spiro atoms. The molecule has 3 nitrogen and oxygen atoms in total. The van der Waals surface area contributed by atoms with E-state index in [1.807, 2.05) is 0 Å². The molecule has 0 aromatic rings. The van der Waals surface area contributed by atoms with Gasteiger partial charge in [0.1, 0.15) is 0 Å². The first kappa shape index (κ1) is 16.3. The molecule has 118 valence electrons. The van der Waals surface area contributed by atoms with Gasteiger partial charge in [-0.25, -0.2) is 0 Å². The Hall–Kier alpha value is -0.120. The number of nitrogens with two attached hydrogens (primary N) is 1. The van der Waals surface area contributed by atoms with Gasteiger partial charge in [0, 0.05) is 37.3 Å². The molecule has 20 heavy (non-hydrogen) atoms. The fourth-order valence-electron chi connectivity index (χ4n) is 4.16. The standard InChI is InChI=1S/C17H35N3/c1-5-15-7-6-9-17(13-18,10-8-15)20-12-11-19(4)16(2,3)14-20/h15H,5-14,18H2,1-4H3. The lowest BCUT2D eigenvalue weighted by Crippen LogP contribution is -2.65. The fraction of sp³-hybridized carbons (Fsp3) is 1.00. The van der Waals surface area contributed by atoms with Crippen LogP contribution in [0.15, 0.2) is 0 Å². The molecule has 2 atom stereocenters. The molecule has 1 aliphatic carbocycles. The van der Waals surface area contributed by atoms with E-state index in [0.29, 0.717) is 0 Å². The minimum atomic E-state index is 0.275. The van der Waals surface area contributed by atoms with Gasteiger partial charge >= 0.3 is 0 Å². The summed E-state index contributed by atoms with van der Waals surface area (Å²) < 4.78 is 0. The molecule has 3 heteroatoms. The van der Waals surface area contributed by atoms with Crippen molar-refractivity contribution in [2.75, 3.05) is 33.2 Å². The van der Waals surface area contributed by atoms with Crippen LogP contribution in [0.25, 0.3) is 0 Å². The maximum Gasteiger partial charge on any atom is 0.0333 e. The van der Waals surface area contributed by atoms with E-state index < -0.39 is 0 Å². The molecule has 2 aliphatic rings. The highest BCUT2D eigenvalue weighted by Crippen LogP contribution is 2.37. The first-order chi connectivity index (χ1) is 9.43. The quantitative estimate of drug-likeness (QED) is 0.807. The summed E-state index contributed by atoms with van der Waals surface area (Å²) in [5.74, 6) is 0.934. The predicted octanol–water partition coefficient (Wildman–Crippen LogP) is 2.70. The number of likely N-dealkylation sites (N-methyl/N-ethyl adjacent to an activating group) is 1. The van der Waals surface area contributed by atoms with Gasteiger partial charge in [0.25, 0.3) is 0 Å². The SMILES string of the molecule is CCC1CCCC(CN)(N2CCN(C)C(C)(C)C2)CC1. The molecule has 0 bridgehead atoms. The van der Waals surface area contributed by atoms with E-state index in [2.05, 4.69) is 37.6 Å². The lowest BCUT2D eigenvalue weighted by molar-refractivity contribution is -0.0285. The molecule has 2 fully saturated rings. The van der Waals surface area contributed by atoms with Crippen LogP contribution in [-0.4, -0.2) is 54.1 Å². The Morgan fingerprint density at radius 2 is 1.90 bits per heavy atom. The minimum absolute atomic E-state index is 0.275. The fourth-order valence-corrected chi connectivity index (χ4v) is 4.16. The van der Waals surface area contributed by atoms with Crippen LogP contribution < -0.4 is 5.73 Å². The van der Waals surface area contributed by atoms with Gasteiger partial charge in [0.05, 0.1) is 0 Å². The highest BCUT2D eigenvalue weighted by molar-refractivity contribution is 5.00. The molecular weight excluding hydrogens is 246 g/mol. The first-order valence-corrected chi connectivity index (χ1v) is 8.60. The normalized spacial score (nSPS) is 36.8. The molecule has 2 N–H and O–H groups in total. The third-order valence-corrected chi connectivity index (χ3v) is 6.22. The average molecular weight is 281 g/mol. The van der Waals surface area contributed by atoms with Crippen LogP contribution in [0.3, 0.4) is 0 Å². The molecule has 2 unspecified atom stereocenters. The molecule has 0 radical (unpaired) electrons. The van der Waals surface area contributed by atoms with Crippen LogP contribution in [0.1, 0.15) is 59.3 Å². The summed E-state index contributed by atoms with van der Waals surface area (Å²) in [5.41, 5.74) is 6.85. The van der Waals surface area contributed by atoms with Gasteiger partial charge in [-0.05, 0) is 46.1 Å². The second kappa shape index (κ2) is 6.33. The summed E-state index contributed by atoms with van der Waals surface area (Å²) in [7, 11) is 2.26. The van der Waals surface area contributed by atoms with Gasteiger partial charge in [-0.3, -0.25) is 9.80 Å². The van der Waals surface area contributed by atoms with Crippen LogP contribution >= 0.6 is 0 Å². The van der Waals surface area contributed by atoms with Crippen molar-refractivity contribution < 1.29 is 0 Å². The Morgan fingerprint density at radius 3 is 2.50 bits per heavy atom. The second-order valence-electron chi connectivity index (χ2n) is 7.79. The zero-order valence-electron chi connectivity index (χ0n) is 14.1. The molecule has 1 saturated heterocycles. The molecular formula is C17H35N3. The topological polar surface area (TPSA) is 32.5 Å². The number of rotatable bonds is 3. The van der Waals surface area contributed by atoms with E-state index in [4.69, 9.17) is 5.73 Å². The van der Waals surface area contributed by atoms with Crippen molar-refractivity contribution in [2.24, 2.45) is 11.7 Å². The average Bonchev–Trinajstić information content (AvgIpc) is 2.64. The Balaban J connectivity index is 2.10. The Morgan fingerprint density at radius 1 is 1.15 bits per heavy atom. The summed E-state index contributed by atoms with van der Waals surface area (Å²) in [5, 5.41) is 0. The van der Waals surface area contributed by atoms with Gasteiger partial charge < -0.3 is 5.73 Å². The molecule has 1 saturated carbocycles. The monoisotopic (exact) mass is 281 g/mol. The van der Waals surface area contributed by atoms with E-state index in [-0.39, 0.29) is 11.1 Å². The third kappa shape index (κ3) is 3.20. The zero-order chi connectivity index (χ0) is 14.8. The third-order valence-electron chi connectivity index (χ3n) is 6.22. The summed E-state index contributed by atoms with van der Waals surface area (Å²) >= 11 is 0. The van der Waals surface area contributed by atoms with Crippen LogP contribution in [0.4, 0.5) is 0 Å². The van der Waals surface area contributed by atoms with Crippen molar-refractivity contribution >= 4 is 0 Å². The number of hydrogen-bond acceptors (Lipinski definition) is 3. The van der Waals surface area contributed by atoms with Crippen molar-refractivity contribution in [3.05, 3.63) is 0 Å². The largest absolute Gasteiger partial charge is 0.329 e. The summed E-state index contributed by atoms with van der Waals surface area (Å²) in [6.45, 7) is 11.4. The summed E-state index contributed by atoms with van der Waals surface area (Å²) in [6, 6.07) is 0. The van der Waals surface area contributed by atoms with E-state index in [0.717, 1.165) is 19.0 Å². The van der Waals surface area contributed by atoms with Crippen molar-refractivity contribution in [3.63, 3.8) is 0 Å². The van der Waals surface area contributed by atoms with Gasteiger partial charge in [-0.2, -0.15) is 0 Å². The first-order valence-electron chi connectivity index (χ1n) is 8.60. The second-order valence-corrected chi connectivity index (χ2v) is 7.79. The number of piperazine rings is 1. The zero-order valence-corrected chi connectivity index (χ0v) is 14.1. The molecule has 0 aromatic heterocycles. The lowest BCUT2D eigenvalue weighted by atomic mass is 9.84. The van der Waals surface area contributed by atoms with Crippen LogP contribution in [0, 0.1) is 5.92 Å².